The van der Waals surface area contributed by atoms with E-state index in [0.29, 0.717) is 18.8 Å². The number of thioether (sulfide) groups is 1. The van der Waals surface area contributed by atoms with Gasteiger partial charge in [0.2, 0.25) is 5.91 Å². The van der Waals surface area contributed by atoms with Gasteiger partial charge in [0.05, 0.1) is 5.75 Å². The molecular weight excluding hydrogens is 359 g/mol. The summed E-state index contributed by atoms with van der Waals surface area (Å²) < 4.78 is 13.1. The lowest BCUT2D eigenvalue weighted by atomic mass is 10.1. The minimum atomic E-state index is -0.224. The first-order valence-electron chi connectivity index (χ1n) is 9.09. The fourth-order valence-electron chi connectivity index (χ4n) is 3.36. The quantitative estimate of drug-likeness (QED) is 0.626. The molecule has 0 N–H and O–H groups in total. The topological polar surface area (TPSA) is 23.6 Å². The maximum absolute atomic E-state index is 13.1. The zero-order valence-corrected chi connectivity index (χ0v) is 15.8. The van der Waals surface area contributed by atoms with E-state index in [1.165, 1.54) is 22.9 Å². The van der Waals surface area contributed by atoms with Crippen LogP contribution in [-0.2, 0) is 4.79 Å². The monoisotopic (exact) mass is 380 g/mol. The number of amides is 1. The fraction of sp³-hybridized carbons (Fsp3) is 0.227. The number of piperazine rings is 1. The van der Waals surface area contributed by atoms with Gasteiger partial charge in [-0.05, 0) is 47.2 Å². The zero-order valence-electron chi connectivity index (χ0n) is 15.0. The molecule has 0 bridgehead atoms. The van der Waals surface area contributed by atoms with Crippen molar-refractivity contribution in [3.8, 4) is 0 Å². The molecule has 5 heteroatoms. The molecule has 1 heterocycles. The highest BCUT2D eigenvalue weighted by Crippen LogP contribution is 2.24. The van der Waals surface area contributed by atoms with Gasteiger partial charge in [-0.1, -0.05) is 30.3 Å². The van der Waals surface area contributed by atoms with Crippen molar-refractivity contribution in [1.82, 2.24) is 4.90 Å². The number of hydrogen-bond acceptors (Lipinski definition) is 3. The van der Waals surface area contributed by atoms with Crippen molar-refractivity contribution in [2.45, 2.75) is 4.90 Å². The minimum absolute atomic E-state index is 0.173. The van der Waals surface area contributed by atoms with Crippen LogP contribution >= 0.6 is 11.8 Å². The molecule has 0 aliphatic carbocycles. The Bertz CT molecular complexity index is 936. The number of carbonyl (C=O) groups excluding carboxylic acids is 1. The molecule has 0 aromatic heterocycles. The number of carbonyl (C=O) groups is 1. The van der Waals surface area contributed by atoms with Gasteiger partial charge in [-0.2, -0.15) is 0 Å². The normalized spacial score (nSPS) is 14.6. The van der Waals surface area contributed by atoms with E-state index in [-0.39, 0.29) is 11.7 Å². The number of rotatable bonds is 4. The van der Waals surface area contributed by atoms with E-state index in [4.69, 9.17) is 0 Å². The molecule has 3 nitrogen and oxygen atoms in total. The minimum Gasteiger partial charge on any atom is -0.368 e. The molecule has 0 spiro atoms. The second kappa shape index (κ2) is 8.01. The average Bonchev–Trinajstić information content (AvgIpc) is 2.72. The lowest BCUT2D eigenvalue weighted by Gasteiger charge is -2.36. The van der Waals surface area contributed by atoms with Crippen LogP contribution in [0, 0.1) is 5.82 Å². The Labute approximate surface area is 162 Å². The van der Waals surface area contributed by atoms with Crippen LogP contribution in [0.3, 0.4) is 0 Å². The smallest absolute Gasteiger partial charge is 0.233 e. The molecule has 1 amide bonds. The molecule has 3 aromatic rings. The second-order valence-electron chi connectivity index (χ2n) is 6.64. The number of halogens is 1. The summed E-state index contributed by atoms with van der Waals surface area (Å²) in [6.45, 7) is 2.96. The van der Waals surface area contributed by atoms with Crippen LogP contribution in [-0.4, -0.2) is 42.7 Å². The standard InChI is InChI=1S/C22H21FN2OS/c23-19-6-8-20(9-7-19)24-11-13-25(14-12-24)22(26)16-27-21-10-5-17-3-1-2-4-18(17)15-21/h1-10,15H,11-14,16H2. The predicted octanol–water partition coefficient (Wildman–Crippen LogP) is 4.42. The molecule has 1 aliphatic heterocycles. The average molecular weight is 380 g/mol. The predicted molar refractivity (Wildman–Crippen MR) is 110 cm³/mol. The van der Waals surface area contributed by atoms with Crippen molar-refractivity contribution in [1.29, 1.82) is 0 Å². The van der Waals surface area contributed by atoms with Crippen molar-refractivity contribution in [3.05, 3.63) is 72.5 Å². The van der Waals surface area contributed by atoms with Crippen LogP contribution in [0.1, 0.15) is 0 Å². The number of anilines is 1. The molecule has 3 aromatic carbocycles. The Kier molecular flexibility index (Phi) is 5.30. The van der Waals surface area contributed by atoms with Gasteiger partial charge in [0, 0.05) is 36.8 Å². The van der Waals surface area contributed by atoms with E-state index < -0.39 is 0 Å². The van der Waals surface area contributed by atoms with E-state index >= 15 is 0 Å². The third kappa shape index (κ3) is 4.25. The van der Waals surface area contributed by atoms with Crippen molar-refractivity contribution in [3.63, 3.8) is 0 Å². The van der Waals surface area contributed by atoms with E-state index in [9.17, 15) is 9.18 Å². The molecule has 1 fully saturated rings. The van der Waals surface area contributed by atoms with Crippen LogP contribution < -0.4 is 4.90 Å². The van der Waals surface area contributed by atoms with Crippen LogP contribution in [0.15, 0.2) is 71.6 Å². The van der Waals surface area contributed by atoms with Gasteiger partial charge < -0.3 is 9.80 Å². The van der Waals surface area contributed by atoms with Crippen LogP contribution in [0.25, 0.3) is 10.8 Å². The molecule has 0 radical (unpaired) electrons. The summed E-state index contributed by atoms with van der Waals surface area (Å²) in [7, 11) is 0. The van der Waals surface area contributed by atoms with Gasteiger partial charge >= 0.3 is 0 Å². The molecule has 138 valence electrons. The van der Waals surface area contributed by atoms with E-state index in [2.05, 4.69) is 35.2 Å². The molecule has 27 heavy (non-hydrogen) atoms. The van der Waals surface area contributed by atoms with Crippen molar-refractivity contribution < 1.29 is 9.18 Å². The van der Waals surface area contributed by atoms with Crippen molar-refractivity contribution >= 4 is 34.1 Å². The van der Waals surface area contributed by atoms with E-state index in [1.54, 1.807) is 23.9 Å². The maximum atomic E-state index is 13.1. The number of hydrogen-bond donors (Lipinski definition) is 0. The van der Waals surface area contributed by atoms with Crippen molar-refractivity contribution in [2.75, 3.05) is 36.8 Å². The third-order valence-corrected chi connectivity index (χ3v) is 5.89. The summed E-state index contributed by atoms with van der Waals surface area (Å²) in [6.07, 6.45) is 0. The summed E-state index contributed by atoms with van der Waals surface area (Å²) in [4.78, 5) is 17.8. The molecule has 0 unspecified atom stereocenters. The highest BCUT2D eigenvalue weighted by Gasteiger charge is 2.21. The fourth-order valence-corrected chi connectivity index (χ4v) is 4.21. The van der Waals surface area contributed by atoms with E-state index in [1.807, 2.05) is 17.0 Å². The Balaban J connectivity index is 1.30. The third-order valence-electron chi connectivity index (χ3n) is 4.91. The first-order valence-corrected chi connectivity index (χ1v) is 10.1. The first kappa shape index (κ1) is 17.9. The van der Waals surface area contributed by atoms with Gasteiger partial charge in [0.25, 0.3) is 0 Å². The summed E-state index contributed by atoms with van der Waals surface area (Å²) in [6, 6.07) is 21.1. The molecule has 1 saturated heterocycles. The summed E-state index contributed by atoms with van der Waals surface area (Å²) in [5, 5.41) is 2.41. The maximum Gasteiger partial charge on any atom is 0.233 e. The van der Waals surface area contributed by atoms with Crippen LogP contribution in [0.4, 0.5) is 10.1 Å². The Morgan fingerprint density at radius 3 is 2.33 bits per heavy atom. The van der Waals surface area contributed by atoms with Gasteiger partial charge in [-0.15, -0.1) is 11.8 Å². The van der Waals surface area contributed by atoms with Gasteiger partial charge in [0.1, 0.15) is 5.82 Å². The largest absolute Gasteiger partial charge is 0.368 e. The van der Waals surface area contributed by atoms with Gasteiger partial charge in [-0.25, -0.2) is 4.39 Å². The van der Waals surface area contributed by atoms with Crippen LogP contribution in [0.5, 0.6) is 0 Å². The molecule has 4 rings (SSSR count). The summed E-state index contributed by atoms with van der Waals surface area (Å²) >= 11 is 1.59. The number of fused-ring (bicyclic) bond motifs is 1. The zero-order chi connectivity index (χ0) is 18.6. The SMILES string of the molecule is O=C(CSc1ccc2ccccc2c1)N1CCN(c2ccc(F)cc2)CC1. The molecule has 0 atom stereocenters. The highest BCUT2D eigenvalue weighted by atomic mass is 32.2. The summed E-state index contributed by atoms with van der Waals surface area (Å²) in [5.74, 6) is 0.403. The molecule has 0 saturated carbocycles. The Morgan fingerprint density at radius 1 is 0.889 bits per heavy atom. The highest BCUT2D eigenvalue weighted by molar-refractivity contribution is 8.00. The van der Waals surface area contributed by atoms with Gasteiger partial charge in [-0.3, -0.25) is 4.79 Å². The summed E-state index contributed by atoms with van der Waals surface area (Å²) in [5.41, 5.74) is 1.01. The molecule has 1 aliphatic rings. The second-order valence-corrected chi connectivity index (χ2v) is 7.69. The lowest BCUT2D eigenvalue weighted by molar-refractivity contribution is -0.128. The van der Waals surface area contributed by atoms with Gasteiger partial charge in [0.15, 0.2) is 0 Å². The Hall–Kier alpha value is -2.53. The lowest BCUT2D eigenvalue weighted by Crippen LogP contribution is -2.49. The molecular formula is C22H21FN2OS. The number of nitrogens with zero attached hydrogens (tertiary/aromatic N) is 2. The number of benzene rings is 3. The first-order chi connectivity index (χ1) is 13.2. The van der Waals surface area contributed by atoms with Crippen LogP contribution in [0.2, 0.25) is 0 Å². The Morgan fingerprint density at radius 2 is 1.59 bits per heavy atom. The van der Waals surface area contributed by atoms with E-state index in [0.717, 1.165) is 23.7 Å². The van der Waals surface area contributed by atoms with Crippen molar-refractivity contribution in [2.24, 2.45) is 0 Å².